The molecular weight excluding hydrogens is 542 g/mol. The van der Waals surface area contributed by atoms with E-state index in [2.05, 4.69) is 31.6 Å². The van der Waals surface area contributed by atoms with Gasteiger partial charge in [-0.15, -0.1) is 0 Å². The number of para-hydroxylation sites is 1. The molecule has 1 atom stereocenters. The first-order valence-corrected chi connectivity index (χ1v) is 14.1. The van der Waals surface area contributed by atoms with Crippen LogP contribution in [0, 0.1) is 0 Å². The normalized spacial score (nSPS) is 17.8. The molecule has 0 radical (unpaired) electrons. The molecule has 10 heteroatoms. The van der Waals surface area contributed by atoms with Crippen LogP contribution >= 0.6 is 11.6 Å². The van der Waals surface area contributed by atoms with Crippen LogP contribution < -0.4 is 9.47 Å². The number of hydrogen-bond acceptors (Lipinski definition) is 6. The molecule has 2 aromatic carbocycles. The third-order valence-electron chi connectivity index (χ3n) is 7.89. The van der Waals surface area contributed by atoms with Gasteiger partial charge in [0, 0.05) is 29.9 Å². The molecule has 2 aliphatic heterocycles. The van der Waals surface area contributed by atoms with Crippen molar-refractivity contribution in [1.29, 1.82) is 0 Å². The summed E-state index contributed by atoms with van der Waals surface area (Å²) in [5.41, 5.74) is 4.02. The lowest BCUT2D eigenvalue weighted by atomic mass is 9.88. The summed E-state index contributed by atoms with van der Waals surface area (Å²) in [7, 11) is 1.95. The molecule has 0 saturated carbocycles. The predicted octanol–water partition coefficient (Wildman–Crippen LogP) is 5.31. The summed E-state index contributed by atoms with van der Waals surface area (Å²) in [4.78, 5) is 22.5. The molecule has 4 heterocycles. The summed E-state index contributed by atoms with van der Waals surface area (Å²) >= 11 is 6.05. The van der Waals surface area contributed by atoms with Crippen LogP contribution in [-0.4, -0.2) is 54.8 Å². The van der Waals surface area contributed by atoms with E-state index in [0.29, 0.717) is 30.6 Å². The molecular formula is C31H32ClN5O4. The van der Waals surface area contributed by atoms with Crippen molar-refractivity contribution in [1.82, 2.24) is 24.0 Å². The Hall–Kier alpha value is -4.08. The van der Waals surface area contributed by atoms with Gasteiger partial charge in [0.25, 0.3) is 0 Å². The van der Waals surface area contributed by atoms with E-state index in [0.717, 1.165) is 66.3 Å². The number of aliphatic carboxylic acids is 1. The largest absolute Gasteiger partial charge is 0.485 e. The van der Waals surface area contributed by atoms with Gasteiger partial charge in [0.15, 0.2) is 17.6 Å². The number of halogens is 1. The van der Waals surface area contributed by atoms with Crippen molar-refractivity contribution in [2.75, 3.05) is 19.7 Å². The minimum absolute atomic E-state index is 0.165. The van der Waals surface area contributed by atoms with Crippen LogP contribution in [0.4, 0.5) is 0 Å². The second kappa shape index (κ2) is 11.8. The Kier molecular flexibility index (Phi) is 7.80. The van der Waals surface area contributed by atoms with Crippen LogP contribution in [0.5, 0.6) is 11.5 Å². The second-order valence-corrected chi connectivity index (χ2v) is 11.0. The summed E-state index contributed by atoms with van der Waals surface area (Å²) in [5.74, 6) is 1.93. The van der Waals surface area contributed by atoms with Crippen LogP contribution in [0.15, 0.2) is 67.3 Å². The third kappa shape index (κ3) is 6.01. The van der Waals surface area contributed by atoms with Crippen molar-refractivity contribution in [3.63, 3.8) is 0 Å². The van der Waals surface area contributed by atoms with Crippen molar-refractivity contribution >= 4 is 23.6 Å². The fourth-order valence-electron chi connectivity index (χ4n) is 5.62. The van der Waals surface area contributed by atoms with Crippen LogP contribution in [0.25, 0.3) is 6.08 Å². The molecule has 0 aliphatic carbocycles. The second-order valence-electron chi connectivity index (χ2n) is 10.5. The number of nitrogens with zero attached hydrogens (tertiary/aromatic N) is 5. The van der Waals surface area contributed by atoms with E-state index in [4.69, 9.17) is 26.2 Å². The first kappa shape index (κ1) is 27.1. The number of rotatable bonds is 8. The minimum Gasteiger partial charge on any atom is -0.485 e. The highest BCUT2D eigenvalue weighted by Gasteiger charge is 2.30. The number of benzene rings is 2. The summed E-state index contributed by atoms with van der Waals surface area (Å²) in [6.07, 6.45) is 9.89. The molecule has 0 bridgehead atoms. The van der Waals surface area contributed by atoms with E-state index in [1.807, 2.05) is 48.1 Å². The lowest BCUT2D eigenvalue weighted by molar-refractivity contribution is -0.131. The average molecular weight is 574 g/mol. The number of aromatic nitrogens is 4. The lowest BCUT2D eigenvalue weighted by Crippen LogP contribution is -2.34. The Morgan fingerprint density at radius 1 is 1.12 bits per heavy atom. The molecule has 1 N–H and O–H groups in total. The number of carboxylic acids is 1. The molecule has 6 rings (SSSR count). The molecule has 1 unspecified atom stereocenters. The van der Waals surface area contributed by atoms with Crippen molar-refractivity contribution in [3.05, 3.63) is 101 Å². The standard InChI is InChI=1S/C31H32ClN5O4/c1-35-20-33-15-25(35)17-37-24(9-10-30(38)39)16-34-29(37)18-36-13-11-21(12-14-36)26-3-2-4-27-31(26)40-19-28(41-27)22-5-7-23(32)8-6-22/h2-10,15-16,20-21,28H,11-14,17-19H2,1H3,(H,38,39)/b10-9+. The van der Waals surface area contributed by atoms with E-state index >= 15 is 0 Å². The zero-order valence-corrected chi connectivity index (χ0v) is 23.6. The minimum atomic E-state index is -0.986. The molecule has 0 amide bonds. The van der Waals surface area contributed by atoms with Gasteiger partial charge >= 0.3 is 5.97 Å². The maximum Gasteiger partial charge on any atom is 0.328 e. The Labute approximate surface area is 243 Å². The molecule has 1 saturated heterocycles. The van der Waals surface area contributed by atoms with Crippen molar-refractivity contribution in [2.24, 2.45) is 7.05 Å². The summed E-state index contributed by atoms with van der Waals surface area (Å²) in [6.45, 7) is 3.54. The SMILES string of the molecule is Cn1cncc1Cn1c(/C=C/C(=O)O)cnc1CN1CCC(c2cccc3c2OCC(c2ccc(Cl)cc2)O3)CC1. The Morgan fingerprint density at radius 3 is 2.66 bits per heavy atom. The lowest BCUT2D eigenvalue weighted by Gasteiger charge is -2.34. The van der Waals surface area contributed by atoms with Gasteiger partial charge in [-0.3, -0.25) is 4.90 Å². The van der Waals surface area contributed by atoms with Gasteiger partial charge in [0.1, 0.15) is 12.4 Å². The van der Waals surface area contributed by atoms with Gasteiger partial charge in [0.2, 0.25) is 0 Å². The first-order valence-electron chi connectivity index (χ1n) is 13.8. The maximum atomic E-state index is 11.1. The van der Waals surface area contributed by atoms with Crippen LogP contribution in [0.3, 0.4) is 0 Å². The Balaban J connectivity index is 1.13. The highest BCUT2D eigenvalue weighted by molar-refractivity contribution is 6.30. The average Bonchev–Trinajstić information content (AvgIpc) is 3.57. The van der Waals surface area contributed by atoms with Gasteiger partial charge in [-0.2, -0.15) is 0 Å². The van der Waals surface area contributed by atoms with Gasteiger partial charge in [-0.05, 0) is 61.7 Å². The van der Waals surface area contributed by atoms with E-state index in [1.54, 1.807) is 18.6 Å². The van der Waals surface area contributed by atoms with E-state index < -0.39 is 5.97 Å². The Bertz CT molecular complexity index is 1550. The number of ether oxygens (including phenoxy) is 2. The van der Waals surface area contributed by atoms with Crippen molar-refractivity contribution < 1.29 is 19.4 Å². The molecule has 212 valence electrons. The highest BCUT2D eigenvalue weighted by atomic mass is 35.5. The van der Waals surface area contributed by atoms with Gasteiger partial charge in [0.05, 0.1) is 37.0 Å². The van der Waals surface area contributed by atoms with E-state index in [1.165, 1.54) is 5.56 Å². The van der Waals surface area contributed by atoms with Crippen molar-refractivity contribution in [3.8, 4) is 11.5 Å². The van der Waals surface area contributed by atoms with Gasteiger partial charge in [-0.25, -0.2) is 14.8 Å². The maximum absolute atomic E-state index is 11.1. The number of likely N-dealkylation sites (tertiary alicyclic amines) is 1. The summed E-state index contributed by atoms with van der Waals surface area (Å²) < 4.78 is 16.7. The number of fused-ring (bicyclic) bond motifs is 1. The number of carboxylic acid groups (broad SMARTS) is 1. The molecule has 9 nitrogen and oxygen atoms in total. The number of piperidine rings is 1. The summed E-state index contributed by atoms with van der Waals surface area (Å²) in [5, 5.41) is 9.84. The van der Waals surface area contributed by atoms with Crippen LogP contribution in [-0.2, 0) is 24.9 Å². The zero-order valence-electron chi connectivity index (χ0n) is 22.8. The molecule has 2 aliphatic rings. The van der Waals surface area contributed by atoms with Gasteiger partial charge in [-0.1, -0.05) is 35.9 Å². The van der Waals surface area contributed by atoms with E-state index in [9.17, 15) is 4.79 Å². The number of hydrogen-bond donors (Lipinski definition) is 1. The predicted molar refractivity (Wildman–Crippen MR) is 155 cm³/mol. The number of carbonyl (C=O) groups is 1. The van der Waals surface area contributed by atoms with E-state index in [-0.39, 0.29) is 6.10 Å². The smallest absolute Gasteiger partial charge is 0.328 e. The van der Waals surface area contributed by atoms with Gasteiger partial charge < -0.3 is 23.7 Å². The Morgan fingerprint density at radius 2 is 1.93 bits per heavy atom. The monoisotopic (exact) mass is 573 g/mol. The number of aryl methyl sites for hydroxylation is 1. The molecule has 0 spiro atoms. The molecule has 41 heavy (non-hydrogen) atoms. The quantitative estimate of drug-likeness (QED) is 0.286. The molecule has 4 aromatic rings. The fourth-order valence-corrected chi connectivity index (χ4v) is 5.74. The highest BCUT2D eigenvalue weighted by Crippen LogP contribution is 2.44. The third-order valence-corrected chi connectivity index (χ3v) is 8.15. The topological polar surface area (TPSA) is 94.6 Å². The van der Waals surface area contributed by atoms with Crippen molar-refractivity contribution in [2.45, 2.75) is 38.0 Å². The van der Waals surface area contributed by atoms with Crippen LogP contribution in [0.1, 0.15) is 53.2 Å². The fraction of sp³-hybridized carbons (Fsp3) is 0.323. The zero-order chi connectivity index (χ0) is 28.3. The number of imidazole rings is 2. The first-order chi connectivity index (χ1) is 19.9. The van der Waals surface area contributed by atoms with Crippen LogP contribution in [0.2, 0.25) is 5.02 Å². The molecule has 1 fully saturated rings. The molecule has 2 aromatic heterocycles. The summed E-state index contributed by atoms with van der Waals surface area (Å²) in [6, 6.07) is 13.9.